The molecule has 0 radical (unpaired) electrons. The summed E-state index contributed by atoms with van der Waals surface area (Å²) in [6, 6.07) is 12.4. The summed E-state index contributed by atoms with van der Waals surface area (Å²) in [5.41, 5.74) is 5.70. The van der Waals surface area contributed by atoms with Crippen LogP contribution in [0.15, 0.2) is 51.8 Å². The van der Waals surface area contributed by atoms with Gasteiger partial charge in [0.1, 0.15) is 17.5 Å². The summed E-state index contributed by atoms with van der Waals surface area (Å²) in [5, 5.41) is 25.0. The van der Waals surface area contributed by atoms with E-state index in [2.05, 4.69) is 20.6 Å². The summed E-state index contributed by atoms with van der Waals surface area (Å²) in [6.07, 6.45) is 1.45. The lowest BCUT2D eigenvalue weighted by molar-refractivity contribution is 0.0970. The van der Waals surface area contributed by atoms with Gasteiger partial charge >= 0.3 is 5.63 Å². The Morgan fingerprint density at radius 1 is 1.29 bits per heavy atom. The van der Waals surface area contributed by atoms with E-state index in [0.717, 1.165) is 11.3 Å². The van der Waals surface area contributed by atoms with Crippen LogP contribution in [0, 0.1) is 11.3 Å². The van der Waals surface area contributed by atoms with E-state index in [1.165, 1.54) is 24.1 Å². The normalized spacial score (nSPS) is 10.5. The van der Waals surface area contributed by atoms with Gasteiger partial charge in [-0.15, -0.1) is 10.2 Å². The van der Waals surface area contributed by atoms with Gasteiger partial charge in [-0.2, -0.15) is 15.0 Å². The highest BCUT2D eigenvalue weighted by Crippen LogP contribution is 2.40. The molecule has 0 fully saturated rings. The summed E-state index contributed by atoms with van der Waals surface area (Å²) in [7, 11) is 1.30. The standard InChI is InChI=1S/C19H13N7O4S/c1-29-15-13(23-10-5-3-2-4-6-10)12(14(16(21)27)30-18(15)28)17-24-25-19(31-17)26-11(9-20)7-8-22-26/h2-8,23H,1H3,(H2,21,27). The van der Waals surface area contributed by atoms with Crippen molar-refractivity contribution in [2.45, 2.75) is 0 Å². The smallest absolute Gasteiger partial charge is 0.381 e. The molecule has 31 heavy (non-hydrogen) atoms. The minimum atomic E-state index is -0.973. The van der Waals surface area contributed by atoms with Gasteiger partial charge in [-0.05, 0) is 18.2 Å². The molecule has 0 bridgehead atoms. The Balaban J connectivity index is 1.95. The second-order valence-corrected chi connectivity index (χ2v) is 6.94. The monoisotopic (exact) mass is 435 g/mol. The molecule has 1 aromatic carbocycles. The summed E-state index contributed by atoms with van der Waals surface area (Å²) < 4.78 is 11.7. The molecule has 0 spiro atoms. The maximum atomic E-state index is 12.4. The summed E-state index contributed by atoms with van der Waals surface area (Å²) in [4.78, 5) is 24.5. The number of amides is 1. The Kier molecular flexibility index (Phi) is 5.17. The third-order valence-corrected chi connectivity index (χ3v) is 5.04. The fourth-order valence-electron chi connectivity index (χ4n) is 2.81. The fourth-order valence-corrected chi connectivity index (χ4v) is 3.67. The van der Waals surface area contributed by atoms with E-state index in [1.807, 2.05) is 12.1 Å². The number of anilines is 2. The molecule has 4 rings (SSSR count). The van der Waals surface area contributed by atoms with Crippen LogP contribution in [0.25, 0.3) is 15.7 Å². The van der Waals surface area contributed by atoms with Crippen molar-refractivity contribution in [1.82, 2.24) is 20.0 Å². The summed E-state index contributed by atoms with van der Waals surface area (Å²) >= 11 is 1.02. The van der Waals surface area contributed by atoms with Gasteiger partial charge in [0.05, 0.1) is 18.9 Å². The Bertz CT molecular complexity index is 1370. The average molecular weight is 435 g/mol. The maximum absolute atomic E-state index is 12.4. The number of primary amides is 1. The molecule has 0 unspecified atom stereocenters. The summed E-state index contributed by atoms with van der Waals surface area (Å²) in [5.74, 6) is -1.55. The van der Waals surface area contributed by atoms with Crippen LogP contribution in [-0.2, 0) is 0 Å². The van der Waals surface area contributed by atoms with Gasteiger partial charge in [-0.1, -0.05) is 29.5 Å². The van der Waals surface area contributed by atoms with Crippen molar-refractivity contribution in [3.05, 3.63) is 64.5 Å². The number of hydrogen-bond donors (Lipinski definition) is 2. The van der Waals surface area contributed by atoms with Crippen LogP contribution < -0.4 is 21.4 Å². The number of nitrogens with two attached hydrogens (primary N) is 1. The maximum Gasteiger partial charge on any atom is 0.381 e. The second-order valence-electron chi connectivity index (χ2n) is 5.99. The zero-order chi connectivity index (χ0) is 22.0. The molecule has 0 aliphatic rings. The highest BCUT2D eigenvalue weighted by Gasteiger charge is 2.28. The number of aromatic nitrogens is 4. The predicted octanol–water partition coefficient (Wildman–Crippen LogP) is 2.07. The Morgan fingerprint density at radius 2 is 2.06 bits per heavy atom. The van der Waals surface area contributed by atoms with Gasteiger partial charge < -0.3 is 20.2 Å². The van der Waals surface area contributed by atoms with Crippen LogP contribution in [0.5, 0.6) is 5.75 Å². The summed E-state index contributed by atoms with van der Waals surface area (Å²) in [6.45, 7) is 0. The van der Waals surface area contributed by atoms with Gasteiger partial charge in [-0.3, -0.25) is 4.79 Å². The highest BCUT2D eigenvalue weighted by atomic mass is 32.1. The topological polar surface area (TPSA) is 162 Å². The molecule has 4 aromatic rings. The molecule has 0 aliphatic carbocycles. The molecule has 3 heterocycles. The second kappa shape index (κ2) is 8.09. The minimum absolute atomic E-state index is 0.0993. The largest absolute Gasteiger partial charge is 0.488 e. The number of rotatable bonds is 6. The van der Waals surface area contributed by atoms with Crippen LogP contribution in [0.2, 0.25) is 0 Å². The Morgan fingerprint density at radius 3 is 2.74 bits per heavy atom. The van der Waals surface area contributed by atoms with E-state index in [1.54, 1.807) is 24.3 Å². The van der Waals surface area contributed by atoms with Crippen LogP contribution in [0.1, 0.15) is 16.2 Å². The molecule has 154 valence electrons. The van der Waals surface area contributed by atoms with E-state index in [9.17, 15) is 14.9 Å². The number of para-hydroxylation sites is 1. The van der Waals surface area contributed by atoms with Crippen molar-refractivity contribution in [1.29, 1.82) is 5.26 Å². The van der Waals surface area contributed by atoms with E-state index >= 15 is 0 Å². The number of nitriles is 1. The van der Waals surface area contributed by atoms with Crippen molar-refractivity contribution < 1.29 is 13.9 Å². The first-order valence-corrected chi connectivity index (χ1v) is 9.50. The van der Waals surface area contributed by atoms with E-state index in [4.69, 9.17) is 14.9 Å². The zero-order valence-corrected chi connectivity index (χ0v) is 16.7. The van der Waals surface area contributed by atoms with Gasteiger partial charge in [0.15, 0.2) is 5.01 Å². The lowest BCUT2D eigenvalue weighted by atomic mass is 10.1. The molecule has 0 aliphatic heterocycles. The average Bonchev–Trinajstić information content (AvgIpc) is 3.43. The molecule has 0 saturated heterocycles. The molecule has 3 aromatic heterocycles. The number of nitrogens with zero attached hydrogens (tertiary/aromatic N) is 5. The number of hydrogen-bond acceptors (Lipinski definition) is 10. The molecule has 12 heteroatoms. The number of ether oxygens (including phenoxy) is 1. The molecule has 0 atom stereocenters. The van der Waals surface area contributed by atoms with Gasteiger partial charge in [0.25, 0.3) is 5.91 Å². The van der Waals surface area contributed by atoms with E-state index in [-0.39, 0.29) is 32.8 Å². The number of nitrogens with one attached hydrogen (secondary N) is 1. The Labute approximate surface area is 178 Å². The van der Waals surface area contributed by atoms with Crippen molar-refractivity contribution in [2.24, 2.45) is 5.73 Å². The lowest BCUT2D eigenvalue weighted by Gasteiger charge is -2.15. The number of benzene rings is 1. The van der Waals surface area contributed by atoms with Crippen LogP contribution in [0.3, 0.4) is 0 Å². The molecule has 11 nitrogen and oxygen atoms in total. The highest BCUT2D eigenvalue weighted by molar-refractivity contribution is 7.17. The first-order valence-electron chi connectivity index (χ1n) is 8.68. The molecular weight excluding hydrogens is 422 g/mol. The Hall–Kier alpha value is -4.50. The van der Waals surface area contributed by atoms with Crippen molar-refractivity contribution >= 4 is 28.6 Å². The van der Waals surface area contributed by atoms with Crippen LogP contribution in [0.4, 0.5) is 11.4 Å². The van der Waals surface area contributed by atoms with Crippen molar-refractivity contribution in [3.8, 4) is 27.5 Å². The number of methoxy groups -OCH3 is 1. The molecular formula is C19H13N7O4S. The SMILES string of the molecule is COc1c(Nc2ccccc2)c(-c2nnc(-n3nccc3C#N)s2)c(C(N)=O)oc1=O. The van der Waals surface area contributed by atoms with E-state index < -0.39 is 17.3 Å². The van der Waals surface area contributed by atoms with Gasteiger partial charge in [-0.25, -0.2) is 4.79 Å². The first-order chi connectivity index (χ1) is 15.0. The van der Waals surface area contributed by atoms with E-state index in [0.29, 0.717) is 5.69 Å². The van der Waals surface area contributed by atoms with Crippen molar-refractivity contribution in [3.63, 3.8) is 0 Å². The third kappa shape index (κ3) is 3.61. The lowest BCUT2D eigenvalue weighted by Crippen LogP contribution is -2.19. The van der Waals surface area contributed by atoms with Crippen LogP contribution >= 0.6 is 11.3 Å². The molecule has 0 saturated carbocycles. The van der Waals surface area contributed by atoms with Crippen LogP contribution in [-0.4, -0.2) is 33.0 Å². The predicted molar refractivity (Wildman–Crippen MR) is 111 cm³/mol. The number of carbonyl (C=O) groups is 1. The van der Waals surface area contributed by atoms with Gasteiger partial charge in [0.2, 0.25) is 16.6 Å². The zero-order valence-electron chi connectivity index (χ0n) is 15.9. The number of carbonyl (C=O) groups excluding carboxylic acids is 1. The third-order valence-electron chi connectivity index (χ3n) is 4.12. The van der Waals surface area contributed by atoms with Crippen molar-refractivity contribution in [2.75, 3.05) is 12.4 Å². The molecule has 1 amide bonds. The van der Waals surface area contributed by atoms with Gasteiger partial charge in [0, 0.05) is 5.69 Å². The first kappa shape index (κ1) is 19.8. The molecule has 3 N–H and O–H groups in total. The fraction of sp³-hybridized carbons (Fsp3) is 0.0526. The minimum Gasteiger partial charge on any atom is -0.488 e. The quantitative estimate of drug-likeness (QED) is 0.461.